The molecule has 1 aromatic carbocycles. The Morgan fingerprint density at radius 1 is 1.08 bits per heavy atom. The second-order valence-electron chi connectivity index (χ2n) is 6.33. The first kappa shape index (κ1) is 16.4. The standard InChI is InChI=1S/C18H19FN6O/c19-13-3-5-14(6-4-13)20-18(26)10-9-16-22-21-15-7-8-17(23-25(15)16)24-11-1-2-12-24/h3-8H,1-2,9-12H2,(H,20,26). The van der Waals surface area contributed by atoms with Crippen LogP contribution in [0.5, 0.6) is 0 Å². The van der Waals surface area contributed by atoms with Crippen molar-refractivity contribution in [2.45, 2.75) is 25.7 Å². The lowest BCUT2D eigenvalue weighted by Crippen LogP contribution is -2.20. The second-order valence-corrected chi connectivity index (χ2v) is 6.33. The average molecular weight is 354 g/mol. The van der Waals surface area contributed by atoms with E-state index in [1.165, 1.54) is 37.1 Å². The number of aryl methyl sites for hydroxylation is 1. The van der Waals surface area contributed by atoms with Gasteiger partial charge in [-0.2, -0.15) is 4.52 Å². The Bertz CT molecular complexity index is 917. The summed E-state index contributed by atoms with van der Waals surface area (Å²) in [6, 6.07) is 9.54. The van der Waals surface area contributed by atoms with Crippen LogP contribution in [0, 0.1) is 5.82 Å². The third-order valence-corrected chi connectivity index (χ3v) is 4.45. The number of hydrogen-bond acceptors (Lipinski definition) is 5. The Balaban J connectivity index is 1.43. The molecule has 0 saturated carbocycles. The molecule has 1 fully saturated rings. The van der Waals surface area contributed by atoms with E-state index >= 15 is 0 Å². The molecule has 8 heteroatoms. The van der Waals surface area contributed by atoms with Gasteiger partial charge in [0.1, 0.15) is 11.6 Å². The number of fused-ring (bicyclic) bond motifs is 1. The van der Waals surface area contributed by atoms with Crippen molar-refractivity contribution in [3.05, 3.63) is 48.0 Å². The van der Waals surface area contributed by atoms with E-state index < -0.39 is 0 Å². The number of carbonyl (C=O) groups excluding carboxylic acids is 1. The van der Waals surface area contributed by atoms with Gasteiger partial charge < -0.3 is 10.2 Å². The summed E-state index contributed by atoms with van der Waals surface area (Å²) in [4.78, 5) is 14.4. The smallest absolute Gasteiger partial charge is 0.224 e. The number of carbonyl (C=O) groups is 1. The molecule has 0 unspecified atom stereocenters. The Kier molecular flexibility index (Phi) is 4.47. The summed E-state index contributed by atoms with van der Waals surface area (Å²) >= 11 is 0. The molecule has 26 heavy (non-hydrogen) atoms. The predicted molar refractivity (Wildman–Crippen MR) is 95.6 cm³/mol. The summed E-state index contributed by atoms with van der Waals surface area (Å²) in [6.45, 7) is 2.02. The fourth-order valence-corrected chi connectivity index (χ4v) is 3.08. The first-order chi connectivity index (χ1) is 12.7. The molecule has 0 aliphatic carbocycles. The zero-order valence-electron chi connectivity index (χ0n) is 14.2. The van der Waals surface area contributed by atoms with E-state index in [1.54, 1.807) is 4.52 Å². The molecule has 0 spiro atoms. The first-order valence-corrected chi connectivity index (χ1v) is 8.71. The van der Waals surface area contributed by atoms with Crippen LogP contribution in [0.4, 0.5) is 15.9 Å². The van der Waals surface area contributed by atoms with Gasteiger partial charge in [-0.3, -0.25) is 4.79 Å². The summed E-state index contributed by atoms with van der Waals surface area (Å²) in [5.74, 6) is 1.06. The molecule has 1 saturated heterocycles. The maximum Gasteiger partial charge on any atom is 0.224 e. The van der Waals surface area contributed by atoms with Crippen LogP contribution in [0.2, 0.25) is 0 Å². The quantitative estimate of drug-likeness (QED) is 0.762. The van der Waals surface area contributed by atoms with Crippen LogP contribution in [0.1, 0.15) is 25.1 Å². The molecule has 0 atom stereocenters. The molecule has 1 aliphatic heterocycles. The molecular weight excluding hydrogens is 335 g/mol. The van der Waals surface area contributed by atoms with Gasteiger partial charge in [-0.25, -0.2) is 4.39 Å². The van der Waals surface area contributed by atoms with Crippen molar-refractivity contribution in [3.8, 4) is 0 Å². The summed E-state index contributed by atoms with van der Waals surface area (Å²) in [6.07, 6.45) is 3.02. The van der Waals surface area contributed by atoms with Gasteiger partial charge in [0.25, 0.3) is 0 Å². The van der Waals surface area contributed by atoms with Crippen LogP contribution < -0.4 is 10.2 Å². The van der Waals surface area contributed by atoms with Gasteiger partial charge in [0, 0.05) is 31.6 Å². The number of amides is 1. The van der Waals surface area contributed by atoms with Crippen molar-refractivity contribution in [2.75, 3.05) is 23.3 Å². The Labute approximate surface area is 149 Å². The van der Waals surface area contributed by atoms with E-state index in [2.05, 4.69) is 25.5 Å². The highest BCUT2D eigenvalue weighted by atomic mass is 19.1. The minimum Gasteiger partial charge on any atom is -0.355 e. The number of nitrogens with one attached hydrogen (secondary N) is 1. The van der Waals surface area contributed by atoms with E-state index in [0.29, 0.717) is 23.6 Å². The van der Waals surface area contributed by atoms with Gasteiger partial charge in [0.15, 0.2) is 11.5 Å². The largest absolute Gasteiger partial charge is 0.355 e. The number of halogens is 1. The fraction of sp³-hybridized carbons (Fsp3) is 0.333. The van der Waals surface area contributed by atoms with Gasteiger partial charge >= 0.3 is 0 Å². The zero-order chi connectivity index (χ0) is 17.9. The Hall–Kier alpha value is -3.03. The fourth-order valence-electron chi connectivity index (χ4n) is 3.08. The Morgan fingerprint density at radius 3 is 2.62 bits per heavy atom. The van der Waals surface area contributed by atoms with Crippen LogP contribution in [-0.2, 0) is 11.2 Å². The molecule has 3 aromatic rings. The van der Waals surface area contributed by atoms with Crippen LogP contribution in [-0.4, -0.2) is 38.8 Å². The highest BCUT2D eigenvalue weighted by Gasteiger charge is 2.16. The molecule has 1 aliphatic rings. The first-order valence-electron chi connectivity index (χ1n) is 8.71. The lowest BCUT2D eigenvalue weighted by Gasteiger charge is -2.15. The molecular formula is C18H19FN6O. The van der Waals surface area contributed by atoms with Crippen molar-refractivity contribution >= 4 is 23.1 Å². The normalized spacial score (nSPS) is 14.1. The SMILES string of the molecule is O=C(CCc1nnc2ccc(N3CCCC3)nn12)Nc1ccc(F)cc1. The van der Waals surface area contributed by atoms with Gasteiger partial charge in [-0.05, 0) is 49.2 Å². The highest BCUT2D eigenvalue weighted by molar-refractivity contribution is 5.90. The lowest BCUT2D eigenvalue weighted by molar-refractivity contribution is -0.116. The van der Waals surface area contributed by atoms with Gasteiger partial charge in [0.2, 0.25) is 5.91 Å². The molecule has 1 amide bonds. The molecule has 1 N–H and O–H groups in total. The molecule has 0 bridgehead atoms. The third-order valence-electron chi connectivity index (χ3n) is 4.45. The van der Waals surface area contributed by atoms with E-state index in [0.717, 1.165) is 18.9 Å². The van der Waals surface area contributed by atoms with Crippen molar-refractivity contribution in [3.63, 3.8) is 0 Å². The van der Waals surface area contributed by atoms with Crippen LogP contribution in [0.3, 0.4) is 0 Å². The number of nitrogens with zero attached hydrogens (tertiary/aromatic N) is 5. The Morgan fingerprint density at radius 2 is 1.85 bits per heavy atom. The van der Waals surface area contributed by atoms with Crippen LogP contribution >= 0.6 is 0 Å². The number of hydrogen-bond donors (Lipinski definition) is 1. The summed E-state index contributed by atoms with van der Waals surface area (Å²) in [5.41, 5.74) is 1.24. The highest BCUT2D eigenvalue weighted by Crippen LogP contribution is 2.18. The molecule has 4 rings (SSSR count). The summed E-state index contributed by atoms with van der Waals surface area (Å²) in [5, 5.41) is 15.6. The van der Waals surface area contributed by atoms with E-state index in [9.17, 15) is 9.18 Å². The topological polar surface area (TPSA) is 75.4 Å². The van der Waals surface area contributed by atoms with Crippen molar-refractivity contribution in [1.29, 1.82) is 0 Å². The van der Waals surface area contributed by atoms with Gasteiger partial charge in [-0.15, -0.1) is 15.3 Å². The van der Waals surface area contributed by atoms with Gasteiger partial charge in [0.05, 0.1) is 0 Å². The maximum absolute atomic E-state index is 12.9. The number of anilines is 2. The molecule has 7 nitrogen and oxygen atoms in total. The minimum absolute atomic E-state index is 0.163. The number of aromatic nitrogens is 4. The third kappa shape index (κ3) is 3.49. The van der Waals surface area contributed by atoms with Gasteiger partial charge in [-0.1, -0.05) is 0 Å². The molecule has 2 aromatic heterocycles. The van der Waals surface area contributed by atoms with Crippen LogP contribution in [0.15, 0.2) is 36.4 Å². The van der Waals surface area contributed by atoms with E-state index in [1.807, 2.05) is 12.1 Å². The zero-order valence-corrected chi connectivity index (χ0v) is 14.2. The molecule has 0 radical (unpaired) electrons. The maximum atomic E-state index is 12.9. The van der Waals surface area contributed by atoms with Crippen molar-refractivity contribution in [2.24, 2.45) is 0 Å². The molecule has 134 valence electrons. The number of rotatable bonds is 5. The predicted octanol–water partition coefficient (Wildman–Crippen LogP) is 2.43. The average Bonchev–Trinajstić information content (AvgIpc) is 3.31. The number of benzene rings is 1. The van der Waals surface area contributed by atoms with Crippen LogP contribution in [0.25, 0.3) is 5.65 Å². The van der Waals surface area contributed by atoms with Crippen molar-refractivity contribution in [1.82, 2.24) is 19.8 Å². The monoisotopic (exact) mass is 354 g/mol. The van der Waals surface area contributed by atoms with E-state index in [-0.39, 0.29) is 18.1 Å². The second kappa shape index (κ2) is 7.07. The molecule has 3 heterocycles. The lowest BCUT2D eigenvalue weighted by atomic mass is 10.2. The summed E-state index contributed by atoms with van der Waals surface area (Å²) < 4.78 is 14.6. The van der Waals surface area contributed by atoms with E-state index in [4.69, 9.17) is 0 Å². The summed E-state index contributed by atoms with van der Waals surface area (Å²) in [7, 11) is 0. The minimum atomic E-state index is -0.335. The van der Waals surface area contributed by atoms with Crippen molar-refractivity contribution < 1.29 is 9.18 Å².